The first-order valence-corrected chi connectivity index (χ1v) is 9.01. The van der Waals surface area contributed by atoms with Gasteiger partial charge in [-0.2, -0.15) is 5.10 Å². The van der Waals surface area contributed by atoms with E-state index in [9.17, 15) is 5.11 Å². The van der Waals surface area contributed by atoms with Gasteiger partial charge in [0.05, 0.1) is 12.0 Å². The normalized spacial score (nSPS) is 14.0. The molecule has 2 heterocycles. The Labute approximate surface area is 156 Å². The predicted molar refractivity (Wildman–Crippen MR) is 104 cm³/mol. The number of hydrogen-bond acceptors (Lipinski definition) is 5. The quantitative estimate of drug-likeness (QED) is 0.523. The van der Waals surface area contributed by atoms with Gasteiger partial charge in [-0.05, 0) is 35.6 Å². The largest absolute Gasteiger partial charge is 0.392 e. The fourth-order valence-corrected chi connectivity index (χ4v) is 3.93. The van der Waals surface area contributed by atoms with E-state index in [-0.39, 0.29) is 12.5 Å². The van der Waals surface area contributed by atoms with Crippen LogP contribution in [-0.2, 0) is 19.4 Å². The van der Waals surface area contributed by atoms with E-state index < -0.39 is 0 Å². The number of nitrogens with two attached hydrogens (primary N) is 1. The lowest BCUT2D eigenvalue weighted by Gasteiger charge is -2.09. The molecule has 27 heavy (non-hydrogen) atoms. The predicted octanol–water partition coefficient (Wildman–Crippen LogP) is 2.98. The fraction of sp³-hybridized carbons (Fsp3) is 0.190. The van der Waals surface area contributed by atoms with Gasteiger partial charge >= 0.3 is 0 Å². The van der Waals surface area contributed by atoms with Crippen molar-refractivity contribution in [3.05, 3.63) is 71.0 Å². The fourth-order valence-electron chi connectivity index (χ4n) is 3.93. The van der Waals surface area contributed by atoms with E-state index >= 15 is 0 Å². The molecule has 0 saturated carbocycles. The molecule has 0 saturated heterocycles. The summed E-state index contributed by atoms with van der Waals surface area (Å²) in [4.78, 5) is 9.36. The average molecular weight is 357 g/mol. The first kappa shape index (κ1) is 16.0. The van der Waals surface area contributed by atoms with Crippen molar-refractivity contribution in [2.75, 3.05) is 5.73 Å². The van der Waals surface area contributed by atoms with Gasteiger partial charge in [0.15, 0.2) is 5.65 Å². The standard InChI is InChI=1S/C21H19N5O/c22-19-17-18(15-7-3-4-12(8-15)11-27)25-26-21(17)24-20(23-19)16-9-13-5-1-2-6-14(13)10-16/h1-8,16,27H,9-11H2,(H3,22,23,24,25,26). The first-order chi connectivity index (χ1) is 13.2. The lowest BCUT2D eigenvalue weighted by Crippen LogP contribution is -2.07. The smallest absolute Gasteiger partial charge is 0.161 e. The van der Waals surface area contributed by atoms with Crippen molar-refractivity contribution < 1.29 is 5.11 Å². The Hall–Kier alpha value is -3.25. The molecule has 4 N–H and O–H groups in total. The maximum Gasteiger partial charge on any atom is 0.161 e. The van der Waals surface area contributed by atoms with Crippen molar-refractivity contribution in [2.45, 2.75) is 25.4 Å². The topological polar surface area (TPSA) is 101 Å². The molecule has 0 unspecified atom stereocenters. The second kappa shape index (κ2) is 6.17. The van der Waals surface area contributed by atoms with E-state index in [0.717, 1.165) is 35.2 Å². The van der Waals surface area contributed by atoms with Crippen molar-refractivity contribution in [3.8, 4) is 11.3 Å². The van der Waals surface area contributed by atoms with Gasteiger partial charge in [0.2, 0.25) is 0 Å². The van der Waals surface area contributed by atoms with E-state index in [4.69, 9.17) is 10.7 Å². The molecule has 6 nitrogen and oxygen atoms in total. The molecule has 0 atom stereocenters. The molecule has 0 aliphatic heterocycles. The maximum atomic E-state index is 9.38. The molecule has 4 aromatic rings. The second-order valence-electron chi connectivity index (χ2n) is 7.00. The third-order valence-electron chi connectivity index (χ3n) is 5.26. The van der Waals surface area contributed by atoms with Crippen molar-refractivity contribution in [2.24, 2.45) is 0 Å². The number of fused-ring (bicyclic) bond motifs is 2. The Morgan fingerprint density at radius 1 is 1.04 bits per heavy atom. The van der Waals surface area contributed by atoms with Gasteiger partial charge in [0.1, 0.15) is 17.3 Å². The van der Waals surface area contributed by atoms with Crippen LogP contribution in [0.3, 0.4) is 0 Å². The van der Waals surface area contributed by atoms with Crippen LogP contribution in [0.15, 0.2) is 48.5 Å². The molecule has 1 aliphatic rings. The summed E-state index contributed by atoms with van der Waals surface area (Å²) < 4.78 is 0. The van der Waals surface area contributed by atoms with Crippen LogP contribution in [0.4, 0.5) is 5.82 Å². The number of H-pyrrole nitrogens is 1. The number of aliphatic hydroxyl groups is 1. The van der Waals surface area contributed by atoms with Gasteiger partial charge in [0, 0.05) is 11.5 Å². The Morgan fingerprint density at radius 2 is 1.81 bits per heavy atom. The highest BCUT2D eigenvalue weighted by atomic mass is 16.3. The maximum absolute atomic E-state index is 9.38. The second-order valence-corrected chi connectivity index (χ2v) is 7.00. The highest BCUT2D eigenvalue weighted by Gasteiger charge is 2.26. The first-order valence-electron chi connectivity index (χ1n) is 9.01. The molecular formula is C21H19N5O. The van der Waals surface area contributed by atoms with Crippen molar-refractivity contribution in [1.29, 1.82) is 0 Å². The van der Waals surface area contributed by atoms with Gasteiger partial charge in [-0.1, -0.05) is 42.5 Å². The van der Waals surface area contributed by atoms with Crippen LogP contribution in [0.5, 0.6) is 0 Å². The minimum absolute atomic E-state index is 0.0193. The van der Waals surface area contributed by atoms with E-state index in [2.05, 4.69) is 39.4 Å². The van der Waals surface area contributed by atoms with Gasteiger partial charge in [-0.3, -0.25) is 5.10 Å². The van der Waals surface area contributed by atoms with Crippen LogP contribution in [0.25, 0.3) is 22.3 Å². The SMILES string of the molecule is Nc1nc(C2Cc3ccccc3C2)nc2[nH]nc(-c3cccc(CO)c3)c12. The Kier molecular flexibility index (Phi) is 3.65. The molecule has 0 bridgehead atoms. The molecular weight excluding hydrogens is 338 g/mol. The number of anilines is 1. The molecule has 5 rings (SSSR count). The molecule has 2 aromatic carbocycles. The summed E-state index contributed by atoms with van der Waals surface area (Å²) in [6, 6.07) is 16.1. The third kappa shape index (κ3) is 2.65. The third-order valence-corrected chi connectivity index (χ3v) is 5.26. The zero-order chi connectivity index (χ0) is 18.4. The van der Waals surface area contributed by atoms with Gasteiger partial charge in [-0.25, -0.2) is 9.97 Å². The summed E-state index contributed by atoms with van der Waals surface area (Å²) in [5.41, 5.74) is 12.1. The minimum atomic E-state index is -0.0193. The number of aromatic nitrogens is 4. The monoisotopic (exact) mass is 357 g/mol. The number of aromatic amines is 1. The van der Waals surface area contributed by atoms with E-state index in [1.165, 1.54) is 11.1 Å². The molecule has 1 aliphatic carbocycles. The highest BCUT2D eigenvalue weighted by Crippen LogP contribution is 2.35. The Bertz CT molecular complexity index is 1130. The number of rotatable bonds is 3. The van der Waals surface area contributed by atoms with Crippen LogP contribution < -0.4 is 5.73 Å². The summed E-state index contributed by atoms with van der Waals surface area (Å²) in [6.07, 6.45) is 1.86. The summed E-state index contributed by atoms with van der Waals surface area (Å²) in [6.45, 7) is -0.0193. The van der Waals surface area contributed by atoms with Crippen LogP contribution in [0.2, 0.25) is 0 Å². The molecule has 2 aromatic heterocycles. The van der Waals surface area contributed by atoms with Gasteiger partial charge in [-0.15, -0.1) is 0 Å². The van der Waals surface area contributed by atoms with Crippen molar-refractivity contribution in [1.82, 2.24) is 20.2 Å². The van der Waals surface area contributed by atoms with E-state index in [0.29, 0.717) is 17.2 Å². The number of nitrogens with one attached hydrogen (secondary N) is 1. The zero-order valence-corrected chi connectivity index (χ0v) is 14.7. The van der Waals surface area contributed by atoms with E-state index in [1.54, 1.807) is 0 Å². The molecule has 0 spiro atoms. The Morgan fingerprint density at radius 3 is 2.56 bits per heavy atom. The molecule has 134 valence electrons. The summed E-state index contributed by atoms with van der Waals surface area (Å²) in [7, 11) is 0. The van der Waals surface area contributed by atoms with Crippen LogP contribution in [-0.4, -0.2) is 25.3 Å². The molecule has 6 heteroatoms. The molecule has 0 fully saturated rings. The summed E-state index contributed by atoms with van der Waals surface area (Å²) in [5, 5.41) is 17.5. The van der Waals surface area contributed by atoms with Crippen molar-refractivity contribution in [3.63, 3.8) is 0 Å². The van der Waals surface area contributed by atoms with Gasteiger partial charge in [0.25, 0.3) is 0 Å². The number of hydrogen-bond donors (Lipinski definition) is 3. The summed E-state index contributed by atoms with van der Waals surface area (Å²) >= 11 is 0. The van der Waals surface area contributed by atoms with Crippen LogP contribution in [0.1, 0.15) is 28.4 Å². The average Bonchev–Trinajstić information content (AvgIpc) is 3.32. The van der Waals surface area contributed by atoms with E-state index in [1.807, 2.05) is 24.3 Å². The lowest BCUT2D eigenvalue weighted by atomic mass is 10.0. The summed E-state index contributed by atoms with van der Waals surface area (Å²) in [5.74, 6) is 1.43. The Balaban J connectivity index is 1.56. The van der Waals surface area contributed by atoms with Crippen LogP contribution in [0, 0.1) is 0 Å². The minimum Gasteiger partial charge on any atom is -0.392 e. The highest BCUT2D eigenvalue weighted by molar-refractivity contribution is 5.98. The number of nitrogens with zero attached hydrogens (tertiary/aromatic N) is 3. The van der Waals surface area contributed by atoms with Crippen molar-refractivity contribution >= 4 is 16.9 Å². The molecule has 0 amide bonds. The zero-order valence-electron chi connectivity index (χ0n) is 14.7. The van der Waals surface area contributed by atoms with Crippen LogP contribution >= 0.6 is 0 Å². The number of benzene rings is 2. The number of aliphatic hydroxyl groups excluding tert-OH is 1. The lowest BCUT2D eigenvalue weighted by molar-refractivity contribution is 0.282. The molecule has 0 radical (unpaired) electrons. The van der Waals surface area contributed by atoms with Gasteiger partial charge < -0.3 is 10.8 Å². The number of nitrogen functional groups attached to an aromatic ring is 1.